The highest BCUT2D eigenvalue weighted by Crippen LogP contribution is 2.38. The van der Waals surface area contributed by atoms with Gasteiger partial charge >= 0.3 is 0 Å². The predicted molar refractivity (Wildman–Crippen MR) is 100 cm³/mol. The minimum Gasteiger partial charge on any atom is -0.370 e. The maximum Gasteiger partial charge on any atom is 0.223 e. The number of hydrogen-bond acceptors (Lipinski definition) is 4. The summed E-state index contributed by atoms with van der Waals surface area (Å²) in [5, 5.41) is 4.45. The summed E-state index contributed by atoms with van der Waals surface area (Å²) < 4.78 is 8.08. The summed E-state index contributed by atoms with van der Waals surface area (Å²) in [6, 6.07) is 0.563. The molecule has 1 unspecified atom stereocenters. The van der Waals surface area contributed by atoms with Gasteiger partial charge in [-0.1, -0.05) is 6.42 Å². The van der Waals surface area contributed by atoms with Crippen molar-refractivity contribution in [1.29, 1.82) is 0 Å². The third-order valence-corrected chi connectivity index (χ3v) is 6.66. The highest BCUT2D eigenvalue weighted by Gasteiger charge is 2.52. The molecule has 1 aromatic heterocycles. The molecule has 4 heterocycles. The quantitative estimate of drug-likeness (QED) is 0.822. The van der Waals surface area contributed by atoms with Crippen LogP contribution in [0.4, 0.5) is 0 Å². The van der Waals surface area contributed by atoms with Gasteiger partial charge < -0.3 is 9.64 Å². The number of likely N-dealkylation sites (tertiary alicyclic amines) is 2. The molecule has 3 fully saturated rings. The first kappa shape index (κ1) is 18.0. The van der Waals surface area contributed by atoms with Crippen LogP contribution < -0.4 is 0 Å². The molecule has 1 spiro atoms. The van der Waals surface area contributed by atoms with E-state index in [1.807, 2.05) is 23.6 Å². The van der Waals surface area contributed by atoms with Gasteiger partial charge in [-0.25, -0.2) is 0 Å². The molecule has 6 nitrogen and oxygen atoms in total. The number of aromatic nitrogens is 2. The van der Waals surface area contributed by atoms with Crippen molar-refractivity contribution >= 4 is 5.91 Å². The third-order valence-electron chi connectivity index (χ3n) is 6.66. The first-order valence-corrected chi connectivity index (χ1v) is 10.1. The SMILES string of the molecule is Cc1nn(C)c(C)c1CCC(=O)N1CC2(CC(N3CCCCC3)CO2)C1. The topological polar surface area (TPSA) is 50.6 Å². The van der Waals surface area contributed by atoms with Crippen LogP contribution in [0.2, 0.25) is 0 Å². The van der Waals surface area contributed by atoms with Gasteiger partial charge in [0.25, 0.3) is 0 Å². The molecule has 0 N–H and O–H groups in total. The van der Waals surface area contributed by atoms with Gasteiger partial charge in [-0.05, 0) is 58.2 Å². The zero-order valence-corrected chi connectivity index (χ0v) is 16.5. The number of nitrogens with zero attached hydrogens (tertiary/aromatic N) is 4. The second kappa shape index (κ2) is 6.97. The van der Waals surface area contributed by atoms with E-state index in [2.05, 4.69) is 16.9 Å². The van der Waals surface area contributed by atoms with Gasteiger partial charge in [0, 0.05) is 25.2 Å². The molecular weight excluding hydrogens is 328 g/mol. The molecule has 3 aliphatic rings. The van der Waals surface area contributed by atoms with E-state index in [0.29, 0.717) is 12.5 Å². The minimum atomic E-state index is -0.0576. The fourth-order valence-corrected chi connectivity index (χ4v) is 4.95. The molecule has 4 rings (SSSR count). The van der Waals surface area contributed by atoms with E-state index in [1.54, 1.807) is 0 Å². The lowest BCUT2D eigenvalue weighted by atomic mass is 9.88. The molecule has 0 radical (unpaired) electrons. The van der Waals surface area contributed by atoms with Crippen LogP contribution in [0.5, 0.6) is 0 Å². The van der Waals surface area contributed by atoms with Crippen LogP contribution in [0.25, 0.3) is 0 Å². The summed E-state index contributed by atoms with van der Waals surface area (Å²) >= 11 is 0. The number of rotatable bonds is 4. The van der Waals surface area contributed by atoms with Crippen molar-refractivity contribution in [3.05, 3.63) is 17.0 Å². The normalized spacial score (nSPS) is 25.7. The molecule has 0 saturated carbocycles. The lowest BCUT2D eigenvalue weighted by Crippen LogP contribution is -2.63. The first-order chi connectivity index (χ1) is 12.5. The molecule has 3 saturated heterocycles. The second-order valence-corrected chi connectivity index (χ2v) is 8.47. The molecule has 1 atom stereocenters. The van der Waals surface area contributed by atoms with Gasteiger partial charge in [0.15, 0.2) is 0 Å². The Morgan fingerprint density at radius 3 is 2.62 bits per heavy atom. The number of ether oxygens (including phenoxy) is 1. The maximum absolute atomic E-state index is 12.6. The Kier molecular flexibility index (Phi) is 4.82. The van der Waals surface area contributed by atoms with Crippen LogP contribution in [-0.2, 0) is 23.0 Å². The van der Waals surface area contributed by atoms with Crippen molar-refractivity contribution < 1.29 is 9.53 Å². The van der Waals surface area contributed by atoms with E-state index in [1.165, 1.54) is 43.6 Å². The van der Waals surface area contributed by atoms with Gasteiger partial charge in [-0.3, -0.25) is 14.4 Å². The second-order valence-electron chi connectivity index (χ2n) is 8.47. The van der Waals surface area contributed by atoms with E-state index < -0.39 is 0 Å². The van der Waals surface area contributed by atoms with Crippen LogP contribution in [0.15, 0.2) is 0 Å². The molecule has 1 aromatic rings. The van der Waals surface area contributed by atoms with E-state index in [-0.39, 0.29) is 11.5 Å². The van der Waals surface area contributed by atoms with E-state index >= 15 is 0 Å². The van der Waals surface area contributed by atoms with Crippen molar-refractivity contribution in [2.24, 2.45) is 7.05 Å². The number of piperidine rings is 1. The fourth-order valence-electron chi connectivity index (χ4n) is 4.95. The maximum atomic E-state index is 12.6. The number of carbonyl (C=O) groups excluding carboxylic acids is 1. The van der Waals surface area contributed by atoms with E-state index in [0.717, 1.165) is 38.2 Å². The Hall–Kier alpha value is -1.40. The van der Waals surface area contributed by atoms with Gasteiger partial charge in [-0.2, -0.15) is 5.10 Å². The number of carbonyl (C=O) groups is 1. The lowest BCUT2D eigenvalue weighted by Gasteiger charge is -2.47. The third kappa shape index (κ3) is 3.29. The highest BCUT2D eigenvalue weighted by molar-refractivity contribution is 5.77. The molecule has 6 heteroatoms. The zero-order chi connectivity index (χ0) is 18.3. The summed E-state index contributed by atoms with van der Waals surface area (Å²) in [5.41, 5.74) is 3.37. The number of hydrogen-bond donors (Lipinski definition) is 0. The van der Waals surface area contributed by atoms with Crippen LogP contribution >= 0.6 is 0 Å². The molecule has 144 valence electrons. The van der Waals surface area contributed by atoms with Crippen molar-refractivity contribution in [2.45, 2.75) is 64.0 Å². The molecule has 3 aliphatic heterocycles. The average molecular weight is 361 g/mol. The number of amides is 1. The molecular formula is C20H32N4O2. The van der Waals surface area contributed by atoms with Crippen LogP contribution in [0.1, 0.15) is 49.1 Å². The highest BCUT2D eigenvalue weighted by atomic mass is 16.5. The van der Waals surface area contributed by atoms with Crippen LogP contribution in [0.3, 0.4) is 0 Å². The Labute approximate surface area is 156 Å². The minimum absolute atomic E-state index is 0.0576. The monoisotopic (exact) mass is 360 g/mol. The Morgan fingerprint density at radius 2 is 1.96 bits per heavy atom. The zero-order valence-electron chi connectivity index (χ0n) is 16.5. The molecule has 1 amide bonds. The predicted octanol–water partition coefficient (Wildman–Crippen LogP) is 1.83. The molecule has 0 bridgehead atoms. The first-order valence-electron chi connectivity index (χ1n) is 10.1. The van der Waals surface area contributed by atoms with Crippen LogP contribution in [0, 0.1) is 13.8 Å². The van der Waals surface area contributed by atoms with Crippen molar-refractivity contribution in [3.63, 3.8) is 0 Å². The standard InChI is InChI=1S/C20H32N4O2/c1-15-18(16(2)22(3)21-15)7-8-19(25)24-13-20(14-24)11-17(12-26-20)23-9-5-4-6-10-23/h17H,4-14H2,1-3H3. The summed E-state index contributed by atoms with van der Waals surface area (Å²) in [7, 11) is 1.96. The van der Waals surface area contributed by atoms with Gasteiger partial charge in [0.2, 0.25) is 5.91 Å². The Bertz CT molecular complexity index is 672. The number of aryl methyl sites for hydroxylation is 2. The van der Waals surface area contributed by atoms with Gasteiger partial charge in [-0.15, -0.1) is 0 Å². The van der Waals surface area contributed by atoms with Crippen molar-refractivity contribution in [3.8, 4) is 0 Å². The lowest BCUT2D eigenvalue weighted by molar-refractivity contribution is -0.157. The van der Waals surface area contributed by atoms with Gasteiger partial charge in [0.05, 0.1) is 25.4 Å². The summed E-state index contributed by atoms with van der Waals surface area (Å²) in [5.74, 6) is 0.253. The summed E-state index contributed by atoms with van der Waals surface area (Å²) in [4.78, 5) is 17.2. The van der Waals surface area contributed by atoms with Crippen LogP contribution in [-0.4, -0.2) is 69.9 Å². The molecule has 0 aromatic carbocycles. The summed E-state index contributed by atoms with van der Waals surface area (Å²) in [6.45, 7) is 8.94. The Morgan fingerprint density at radius 1 is 1.23 bits per heavy atom. The largest absolute Gasteiger partial charge is 0.370 e. The van der Waals surface area contributed by atoms with Crippen molar-refractivity contribution in [1.82, 2.24) is 19.6 Å². The fraction of sp³-hybridized carbons (Fsp3) is 0.800. The van der Waals surface area contributed by atoms with Crippen molar-refractivity contribution in [2.75, 3.05) is 32.8 Å². The Balaban J connectivity index is 1.26. The smallest absolute Gasteiger partial charge is 0.223 e. The summed E-state index contributed by atoms with van der Waals surface area (Å²) in [6.07, 6.45) is 6.46. The molecule has 26 heavy (non-hydrogen) atoms. The van der Waals surface area contributed by atoms with E-state index in [9.17, 15) is 4.79 Å². The molecule has 0 aliphatic carbocycles. The van der Waals surface area contributed by atoms with Gasteiger partial charge in [0.1, 0.15) is 5.60 Å². The van der Waals surface area contributed by atoms with E-state index in [4.69, 9.17) is 4.74 Å². The average Bonchev–Trinajstić information content (AvgIpc) is 3.15.